The van der Waals surface area contributed by atoms with Crippen LogP contribution in [0.2, 0.25) is 0 Å². The largest absolute Gasteiger partial charge is 0.480 e. The third-order valence-electron chi connectivity index (χ3n) is 3.72. The van der Waals surface area contributed by atoms with Crippen molar-refractivity contribution in [1.29, 1.82) is 0 Å². The number of likely N-dealkylation sites (N-methyl/N-ethyl adjacent to an activating group) is 1. The summed E-state index contributed by atoms with van der Waals surface area (Å²) in [6.07, 6.45) is 2.38. The molecular weight excluding hydrogens is 258 g/mol. The van der Waals surface area contributed by atoms with Crippen LogP contribution in [0.5, 0.6) is 0 Å². The van der Waals surface area contributed by atoms with Crippen LogP contribution in [0.15, 0.2) is 29.2 Å². The van der Waals surface area contributed by atoms with Crippen molar-refractivity contribution in [2.45, 2.75) is 48.8 Å². The molecule has 0 heterocycles. The topological polar surface area (TPSA) is 49.3 Å². The summed E-state index contributed by atoms with van der Waals surface area (Å²) in [7, 11) is 0. The molecule has 1 saturated carbocycles. The first-order chi connectivity index (χ1) is 9.05. The van der Waals surface area contributed by atoms with Gasteiger partial charge in [-0.05, 0) is 44.9 Å². The smallest absolute Gasteiger partial charge is 0.323 e. The van der Waals surface area contributed by atoms with Crippen LogP contribution in [0, 0.1) is 6.92 Å². The minimum atomic E-state index is -0.711. The summed E-state index contributed by atoms with van der Waals surface area (Å²) >= 11 is 1.80. The van der Waals surface area contributed by atoms with Gasteiger partial charge in [-0.25, -0.2) is 0 Å². The Morgan fingerprint density at radius 1 is 1.47 bits per heavy atom. The number of aryl methyl sites for hydroxylation is 1. The maximum absolute atomic E-state index is 11.5. The van der Waals surface area contributed by atoms with Gasteiger partial charge >= 0.3 is 5.97 Å². The SMILES string of the molecule is CCNC1(C(=O)O)CCC(Sc2ccc(C)cc2)C1. The third-order valence-corrected chi connectivity index (χ3v) is 5.00. The number of carboxylic acids is 1. The maximum atomic E-state index is 11.5. The molecule has 3 nitrogen and oxygen atoms in total. The number of benzene rings is 1. The van der Waals surface area contributed by atoms with Gasteiger partial charge in [0.15, 0.2) is 0 Å². The lowest BCUT2D eigenvalue weighted by Crippen LogP contribution is -2.50. The van der Waals surface area contributed by atoms with E-state index in [0.717, 1.165) is 12.8 Å². The van der Waals surface area contributed by atoms with Crippen LogP contribution >= 0.6 is 11.8 Å². The van der Waals surface area contributed by atoms with E-state index in [-0.39, 0.29) is 0 Å². The summed E-state index contributed by atoms with van der Waals surface area (Å²) < 4.78 is 0. The van der Waals surface area contributed by atoms with E-state index in [1.807, 2.05) is 6.92 Å². The lowest BCUT2D eigenvalue weighted by atomic mass is 9.98. The van der Waals surface area contributed by atoms with Gasteiger partial charge in [0.1, 0.15) is 5.54 Å². The first-order valence-electron chi connectivity index (χ1n) is 6.77. The van der Waals surface area contributed by atoms with Gasteiger partial charge in [-0.3, -0.25) is 4.79 Å². The van der Waals surface area contributed by atoms with Crippen LogP contribution in [0.3, 0.4) is 0 Å². The van der Waals surface area contributed by atoms with E-state index in [9.17, 15) is 9.90 Å². The van der Waals surface area contributed by atoms with Crippen molar-refractivity contribution in [2.24, 2.45) is 0 Å². The molecule has 0 aromatic heterocycles. The molecule has 0 amide bonds. The van der Waals surface area contributed by atoms with Gasteiger partial charge in [0.25, 0.3) is 0 Å². The van der Waals surface area contributed by atoms with E-state index >= 15 is 0 Å². The van der Waals surface area contributed by atoms with Crippen molar-refractivity contribution in [3.05, 3.63) is 29.8 Å². The normalized spacial score (nSPS) is 26.5. The van der Waals surface area contributed by atoms with Crippen molar-refractivity contribution in [1.82, 2.24) is 5.32 Å². The molecule has 1 fully saturated rings. The molecular formula is C15H21NO2S. The molecule has 1 aliphatic carbocycles. The minimum absolute atomic E-state index is 0.387. The summed E-state index contributed by atoms with van der Waals surface area (Å²) in [6.45, 7) is 4.74. The number of hydrogen-bond acceptors (Lipinski definition) is 3. The second-order valence-corrected chi connectivity index (χ2v) is 6.59. The molecule has 2 atom stereocenters. The van der Waals surface area contributed by atoms with E-state index in [4.69, 9.17) is 0 Å². The summed E-state index contributed by atoms with van der Waals surface area (Å²) in [4.78, 5) is 12.7. The van der Waals surface area contributed by atoms with Crippen molar-refractivity contribution < 1.29 is 9.90 Å². The molecule has 1 aromatic carbocycles. The van der Waals surface area contributed by atoms with Crippen molar-refractivity contribution in [2.75, 3.05) is 6.54 Å². The average Bonchev–Trinajstić information content (AvgIpc) is 2.77. The number of hydrogen-bond donors (Lipinski definition) is 2. The van der Waals surface area contributed by atoms with Crippen LogP contribution < -0.4 is 5.32 Å². The highest BCUT2D eigenvalue weighted by molar-refractivity contribution is 8.00. The van der Waals surface area contributed by atoms with Gasteiger partial charge in [-0.15, -0.1) is 11.8 Å². The van der Waals surface area contributed by atoms with Crippen LogP contribution in [0.1, 0.15) is 31.7 Å². The summed E-state index contributed by atoms with van der Waals surface area (Å²) in [6, 6.07) is 8.44. The lowest BCUT2D eigenvalue weighted by molar-refractivity contribution is -0.144. The Bertz CT molecular complexity index is 446. The summed E-state index contributed by atoms with van der Waals surface area (Å²) in [5.41, 5.74) is 0.542. The predicted octanol–water partition coefficient (Wildman–Crippen LogP) is 3.07. The van der Waals surface area contributed by atoms with E-state index in [0.29, 0.717) is 18.2 Å². The molecule has 2 unspecified atom stereocenters. The number of carbonyl (C=O) groups is 1. The molecule has 1 aliphatic rings. The molecule has 0 saturated heterocycles. The van der Waals surface area contributed by atoms with E-state index in [2.05, 4.69) is 36.5 Å². The summed E-state index contributed by atoms with van der Waals surface area (Å²) in [5.74, 6) is -0.707. The van der Waals surface area contributed by atoms with Crippen LogP contribution in [0.25, 0.3) is 0 Å². The first-order valence-corrected chi connectivity index (χ1v) is 7.65. The molecule has 4 heteroatoms. The van der Waals surface area contributed by atoms with Crippen molar-refractivity contribution >= 4 is 17.7 Å². The molecule has 2 rings (SSSR count). The number of nitrogens with one attached hydrogen (secondary N) is 1. The number of rotatable bonds is 5. The lowest BCUT2D eigenvalue weighted by Gasteiger charge is -2.25. The highest BCUT2D eigenvalue weighted by Gasteiger charge is 2.45. The molecule has 1 aromatic rings. The van der Waals surface area contributed by atoms with Crippen LogP contribution in [-0.4, -0.2) is 28.4 Å². The fourth-order valence-electron chi connectivity index (χ4n) is 2.68. The zero-order chi connectivity index (χ0) is 13.9. The van der Waals surface area contributed by atoms with Crippen LogP contribution in [-0.2, 0) is 4.79 Å². The average molecular weight is 279 g/mol. The van der Waals surface area contributed by atoms with Crippen LogP contribution in [0.4, 0.5) is 0 Å². The van der Waals surface area contributed by atoms with Gasteiger partial charge in [0, 0.05) is 10.1 Å². The van der Waals surface area contributed by atoms with E-state index in [1.165, 1.54) is 10.5 Å². The van der Waals surface area contributed by atoms with E-state index < -0.39 is 11.5 Å². The molecule has 0 bridgehead atoms. The Kier molecular flexibility index (Phi) is 4.53. The molecule has 0 spiro atoms. The number of aliphatic carboxylic acids is 1. The minimum Gasteiger partial charge on any atom is -0.480 e. The fourth-order valence-corrected chi connectivity index (χ4v) is 3.96. The Morgan fingerprint density at radius 3 is 2.74 bits per heavy atom. The first kappa shape index (κ1) is 14.4. The maximum Gasteiger partial charge on any atom is 0.323 e. The van der Waals surface area contributed by atoms with Gasteiger partial charge in [-0.2, -0.15) is 0 Å². The standard InChI is InChI=1S/C15H21NO2S/c1-3-16-15(14(17)18)9-8-13(10-15)19-12-6-4-11(2)5-7-12/h4-7,13,16H,3,8-10H2,1-2H3,(H,17,18). The molecule has 0 radical (unpaired) electrons. The molecule has 2 N–H and O–H groups in total. The van der Waals surface area contributed by atoms with Gasteiger partial charge in [0.2, 0.25) is 0 Å². The molecule has 104 valence electrons. The second kappa shape index (κ2) is 5.97. The highest BCUT2D eigenvalue weighted by Crippen LogP contribution is 2.40. The summed E-state index contributed by atoms with van der Waals surface area (Å²) in [5, 5.41) is 13.0. The monoisotopic (exact) mass is 279 g/mol. The van der Waals surface area contributed by atoms with Gasteiger partial charge in [0.05, 0.1) is 0 Å². The van der Waals surface area contributed by atoms with Crippen molar-refractivity contribution in [3.63, 3.8) is 0 Å². The Morgan fingerprint density at radius 2 is 2.16 bits per heavy atom. The third kappa shape index (κ3) is 3.31. The molecule has 0 aliphatic heterocycles. The quantitative estimate of drug-likeness (QED) is 0.869. The number of carboxylic acid groups (broad SMARTS) is 1. The van der Waals surface area contributed by atoms with Gasteiger partial charge in [-0.1, -0.05) is 24.6 Å². The van der Waals surface area contributed by atoms with E-state index in [1.54, 1.807) is 11.8 Å². The Labute approximate surface area is 118 Å². The number of thioether (sulfide) groups is 1. The fraction of sp³-hybridized carbons (Fsp3) is 0.533. The zero-order valence-corrected chi connectivity index (χ0v) is 12.3. The zero-order valence-electron chi connectivity index (χ0n) is 11.5. The second-order valence-electron chi connectivity index (χ2n) is 5.21. The van der Waals surface area contributed by atoms with Crippen molar-refractivity contribution in [3.8, 4) is 0 Å². The Hall–Kier alpha value is -1.00. The Balaban J connectivity index is 2.01. The predicted molar refractivity (Wildman–Crippen MR) is 78.7 cm³/mol. The highest BCUT2D eigenvalue weighted by atomic mass is 32.2. The van der Waals surface area contributed by atoms with Gasteiger partial charge < -0.3 is 10.4 Å². The molecule has 19 heavy (non-hydrogen) atoms.